The number of likely N-dealkylation sites (N-methyl/N-ethyl adjacent to an activating group) is 1. The molecule has 0 unspecified atom stereocenters. The van der Waals surface area contributed by atoms with E-state index in [1.165, 1.54) is 4.90 Å². The second kappa shape index (κ2) is 9.21. The molecule has 1 N–H and O–H groups in total. The Morgan fingerprint density at radius 3 is 2.19 bits per heavy atom. The first-order chi connectivity index (χ1) is 12.8. The van der Waals surface area contributed by atoms with Gasteiger partial charge in [0.1, 0.15) is 5.75 Å². The highest BCUT2D eigenvalue weighted by Gasteiger charge is 2.15. The van der Waals surface area contributed by atoms with Gasteiger partial charge in [0.2, 0.25) is 11.8 Å². The number of rotatable bonds is 7. The molecule has 2 aromatic carbocycles. The second-order valence-electron chi connectivity index (χ2n) is 6.83. The highest BCUT2D eigenvalue weighted by molar-refractivity contribution is 5.96. The average molecular weight is 368 g/mol. The van der Waals surface area contributed by atoms with Crippen LogP contribution >= 0.6 is 0 Å². The Morgan fingerprint density at radius 1 is 1.04 bits per heavy atom. The molecule has 5 heteroatoms. The van der Waals surface area contributed by atoms with Gasteiger partial charge in [0.25, 0.3) is 0 Å². The van der Waals surface area contributed by atoms with Crippen molar-refractivity contribution in [2.75, 3.05) is 25.5 Å². The number of hydrogen-bond donors (Lipinski definition) is 1. The van der Waals surface area contributed by atoms with Crippen molar-refractivity contribution in [3.8, 4) is 5.75 Å². The summed E-state index contributed by atoms with van der Waals surface area (Å²) in [7, 11) is 1.64. The van der Waals surface area contributed by atoms with E-state index in [-0.39, 0.29) is 24.8 Å². The van der Waals surface area contributed by atoms with E-state index in [4.69, 9.17) is 4.74 Å². The summed E-state index contributed by atoms with van der Waals surface area (Å²) in [4.78, 5) is 26.2. The van der Waals surface area contributed by atoms with Gasteiger partial charge in [-0.2, -0.15) is 0 Å². The van der Waals surface area contributed by atoms with Crippen LogP contribution in [0.15, 0.2) is 36.4 Å². The van der Waals surface area contributed by atoms with Crippen molar-refractivity contribution in [2.45, 2.75) is 34.1 Å². The first-order valence-electron chi connectivity index (χ1n) is 9.13. The number of carbonyl (C=O) groups is 2. The van der Waals surface area contributed by atoms with Crippen LogP contribution in [0.1, 0.15) is 29.2 Å². The van der Waals surface area contributed by atoms with E-state index < -0.39 is 0 Å². The van der Waals surface area contributed by atoms with Crippen molar-refractivity contribution in [3.05, 3.63) is 58.7 Å². The van der Waals surface area contributed by atoms with Gasteiger partial charge in [-0.05, 0) is 56.5 Å². The number of benzene rings is 2. The standard InChI is InChI=1S/C22H28N2O3/c1-6-27-19-9-7-18(8-10-19)13-21(26)24(5)14-20(25)23-22-16(3)11-15(2)12-17(22)4/h7-12H,6,13-14H2,1-5H3,(H,23,25). The summed E-state index contributed by atoms with van der Waals surface area (Å²) in [6.07, 6.45) is 0.249. The Bertz CT molecular complexity index is 790. The van der Waals surface area contributed by atoms with Crippen LogP contribution in [0.5, 0.6) is 5.75 Å². The van der Waals surface area contributed by atoms with Crippen LogP contribution in [0.3, 0.4) is 0 Å². The highest BCUT2D eigenvalue weighted by atomic mass is 16.5. The number of carbonyl (C=O) groups excluding carboxylic acids is 2. The fraction of sp³-hybridized carbons (Fsp3) is 0.364. The second-order valence-corrected chi connectivity index (χ2v) is 6.83. The predicted octanol–water partition coefficient (Wildman–Crippen LogP) is 3.65. The minimum atomic E-state index is -0.201. The van der Waals surface area contributed by atoms with Crippen molar-refractivity contribution in [1.29, 1.82) is 0 Å². The third-order valence-electron chi connectivity index (χ3n) is 4.34. The monoisotopic (exact) mass is 368 g/mol. The molecular weight excluding hydrogens is 340 g/mol. The molecule has 0 heterocycles. The first kappa shape index (κ1) is 20.5. The minimum Gasteiger partial charge on any atom is -0.494 e. The number of amides is 2. The molecule has 2 aromatic rings. The van der Waals surface area contributed by atoms with Crippen LogP contribution in [0.25, 0.3) is 0 Å². The lowest BCUT2D eigenvalue weighted by Crippen LogP contribution is -2.36. The number of hydrogen-bond acceptors (Lipinski definition) is 3. The molecule has 2 amide bonds. The highest BCUT2D eigenvalue weighted by Crippen LogP contribution is 2.21. The topological polar surface area (TPSA) is 58.6 Å². The Morgan fingerprint density at radius 2 is 1.63 bits per heavy atom. The summed E-state index contributed by atoms with van der Waals surface area (Å²) in [6, 6.07) is 11.5. The van der Waals surface area contributed by atoms with Gasteiger partial charge in [-0.3, -0.25) is 9.59 Å². The number of nitrogens with zero attached hydrogens (tertiary/aromatic N) is 1. The molecule has 0 atom stereocenters. The summed E-state index contributed by atoms with van der Waals surface area (Å²) >= 11 is 0. The third kappa shape index (κ3) is 5.84. The zero-order valence-corrected chi connectivity index (χ0v) is 16.8. The number of anilines is 1. The third-order valence-corrected chi connectivity index (χ3v) is 4.34. The smallest absolute Gasteiger partial charge is 0.243 e. The van der Waals surface area contributed by atoms with Crippen LogP contribution in [-0.4, -0.2) is 36.9 Å². The van der Waals surface area contributed by atoms with Crippen LogP contribution in [0.2, 0.25) is 0 Å². The number of ether oxygens (including phenoxy) is 1. The number of aryl methyl sites for hydroxylation is 3. The Balaban J connectivity index is 1.92. The van der Waals surface area contributed by atoms with Gasteiger partial charge in [0.15, 0.2) is 0 Å². The molecule has 0 saturated carbocycles. The lowest BCUT2D eigenvalue weighted by molar-refractivity contribution is -0.132. The lowest BCUT2D eigenvalue weighted by Gasteiger charge is -2.18. The van der Waals surface area contributed by atoms with Crippen LogP contribution in [0.4, 0.5) is 5.69 Å². The van der Waals surface area contributed by atoms with Crippen LogP contribution in [-0.2, 0) is 16.0 Å². The van der Waals surface area contributed by atoms with Crippen molar-refractivity contribution < 1.29 is 14.3 Å². The van der Waals surface area contributed by atoms with Gasteiger partial charge in [0, 0.05) is 12.7 Å². The summed E-state index contributed by atoms with van der Waals surface area (Å²) in [5.41, 5.74) is 4.90. The molecule has 0 bridgehead atoms. The first-order valence-corrected chi connectivity index (χ1v) is 9.13. The Kier molecular flexibility index (Phi) is 6.99. The number of nitrogens with one attached hydrogen (secondary N) is 1. The SMILES string of the molecule is CCOc1ccc(CC(=O)N(C)CC(=O)Nc2c(C)cc(C)cc2C)cc1. The Hall–Kier alpha value is -2.82. The molecule has 0 aliphatic carbocycles. The average Bonchev–Trinajstić information content (AvgIpc) is 2.60. The van der Waals surface area contributed by atoms with Gasteiger partial charge >= 0.3 is 0 Å². The van der Waals surface area contributed by atoms with E-state index in [9.17, 15) is 9.59 Å². The summed E-state index contributed by atoms with van der Waals surface area (Å²) in [5, 5.41) is 2.93. The van der Waals surface area contributed by atoms with E-state index in [0.717, 1.165) is 33.7 Å². The maximum atomic E-state index is 12.4. The fourth-order valence-corrected chi connectivity index (χ4v) is 3.04. The quantitative estimate of drug-likeness (QED) is 0.811. The van der Waals surface area contributed by atoms with E-state index in [2.05, 4.69) is 5.32 Å². The summed E-state index contributed by atoms with van der Waals surface area (Å²) in [6.45, 7) is 8.52. The van der Waals surface area contributed by atoms with Crippen LogP contribution in [0, 0.1) is 20.8 Å². The fourth-order valence-electron chi connectivity index (χ4n) is 3.04. The van der Waals surface area contributed by atoms with Crippen molar-refractivity contribution in [3.63, 3.8) is 0 Å². The lowest BCUT2D eigenvalue weighted by atomic mass is 10.1. The van der Waals surface area contributed by atoms with E-state index in [0.29, 0.717) is 6.61 Å². The largest absolute Gasteiger partial charge is 0.494 e. The molecule has 0 spiro atoms. The van der Waals surface area contributed by atoms with E-state index in [1.807, 2.05) is 64.1 Å². The molecule has 27 heavy (non-hydrogen) atoms. The van der Waals surface area contributed by atoms with Gasteiger partial charge in [-0.15, -0.1) is 0 Å². The molecule has 5 nitrogen and oxygen atoms in total. The van der Waals surface area contributed by atoms with E-state index in [1.54, 1.807) is 7.05 Å². The van der Waals surface area contributed by atoms with E-state index >= 15 is 0 Å². The van der Waals surface area contributed by atoms with Crippen molar-refractivity contribution in [1.82, 2.24) is 4.90 Å². The molecule has 0 aromatic heterocycles. The van der Waals surface area contributed by atoms with Crippen molar-refractivity contribution >= 4 is 17.5 Å². The maximum Gasteiger partial charge on any atom is 0.243 e. The molecule has 0 aliphatic heterocycles. The van der Waals surface area contributed by atoms with Gasteiger partial charge < -0.3 is 15.0 Å². The van der Waals surface area contributed by atoms with Gasteiger partial charge in [0.05, 0.1) is 19.6 Å². The summed E-state index contributed by atoms with van der Waals surface area (Å²) < 4.78 is 5.40. The molecule has 0 radical (unpaired) electrons. The molecule has 0 saturated heterocycles. The van der Waals surface area contributed by atoms with Crippen molar-refractivity contribution in [2.24, 2.45) is 0 Å². The Labute approximate surface area is 161 Å². The summed E-state index contributed by atoms with van der Waals surface area (Å²) in [5.74, 6) is 0.476. The molecular formula is C22H28N2O3. The zero-order valence-electron chi connectivity index (χ0n) is 16.8. The molecule has 2 rings (SSSR count). The van der Waals surface area contributed by atoms with Gasteiger partial charge in [-0.1, -0.05) is 29.8 Å². The minimum absolute atomic E-state index is 0.0165. The van der Waals surface area contributed by atoms with Gasteiger partial charge in [-0.25, -0.2) is 0 Å². The normalized spacial score (nSPS) is 10.4. The van der Waals surface area contributed by atoms with Crippen LogP contribution < -0.4 is 10.1 Å². The maximum absolute atomic E-state index is 12.4. The zero-order chi connectivity index (χ0) is 20.0. The molecule has 0 fully saturated rings. The molecule has 144 valence electrons. The predicted molar refractivity (Wildman–Crippen MR) is 108 cm³/mol. The molecule has 0 aliphatic rings.